The first-order chi connectivity index (χ1) is 17.0. The average molecular weight is 523 g/mol. The maximum absolute atomic E-state index is 11.8. The van der Waals surface area contributed by atoms with Gasteiger partial charge in [-0.3, -0.25) is 0 Å². The standard InChI is InChI=1S/C30H40N3O3S/c1-29(2)23-13-9-10-14-25(23)31(5)27(29)15-11-16-28-30(3,4)24-21-22(37(34,35)36)17-18-26(24)32(28)19-12-20-33(6,7)8/h9-11,13-18,21H,12,19-20H2,1-8H3/q+1. The molecule has 2 aromatic rings. The van der Waals surface area contributed by atoms with Gasteiger partial charge in [0.05, 0.1) is 38.0 Å². The molecule has 7 heteroatoms. The highest BCUT2D eigenvalue weighted by Gasteiger charge is 2.43. The van der Waals surface area contributed by atoms with Gasteiger partial charge in [0.2, 0.25) is 5.69 Å². The van der Waals surface area contributed by atoms with Gasteiger partial charge in [-0.1, -0.05) is 38.1 Å². The zero-order chi connectivity index (χ0) is 27.4. The van der Waals surface area contributed by atoms with Gasteiger partial charge in [-0.05, 0) is 43.7 Å². The number of fused-ring (bicyclic) bond motifs is 2. The predicted molar refractivity (Wildman–Crippen MR) is 150 cm³/mol. The van der Waals surface area contributed by atoms with E-state index in [1.807, 2.05) is 0 Å². The van der Waals surface area contributed by atoms with Crippen molar-refractivity contribution in [2.75, 3.05) is 46.2 Å². The molecule has 0 radical (unpaired) electrons. The first-order valence-electron chi connectivity index (χ1n) is 12.8. The number of hydrogen-bond acceptors (Lipinski definition) is 4. The van der Waals surface area contributed by atoms with Crippen molar-refractivity contribution < 1.29 is 22.0 Å². The molecule has 6 nitrogen and oxygen atoms in total. The van der Waals surface area contributed by atoms with E-state index in [1.54, 1.807) is 12.1 Å². The normalized spacial score (nSPS) is 19.7. The molecular weight excluding hydrogens is 482 g/mol. The number of hydrogen-bond donors (Lipinski definition) is 0. The van der Waals surface area contributed by atoms with Crippen LogP contribution < -0.4 is 4.90 Å². The molecule has 0 saturated carbocycles. The second kappa shape index (κ2) is 9.22. The topological polar surface area (TPSA) is 63.5 Å². The summed E-state index contributed by atoms with van der Waals surface area (Å²) in [4.78, 5) is 2.12. The van der Waals surface area contributed by atoms with Crippen molar-refractivity contribution in [2.45, 2.75) is 49.8 Å². The monoisotopic (exact) mass is 522 g/mol. The van der Waals surface area contributed by atoms with E-state index in [1.165, 1.54) is 23.0 Å². The minimum absolute atomic E-state index is 0.115. The molecule has 2 aliphatic heterocycles. The van der Waals surface area contributed by atoms with Crippen LogP contribution in [0.2, 0.25) is 0 Å². The first-order valence-corrected chi connectivity index (χ1v) is 14.2. The molecule has 0 fully saturated rings. The van der Waals surface area contributed by atoms with Crippen molar-refractivity contribution >= 4 is 27.2 Å². The van der Waals surface area contributed by atoms with Gasteiger partial charge in [-0.15, -0.1) is 0 Å². The molecule has 198 valence electrons. The second-order valence-corrected chi connectivity index (χ2v) is 13.7. The van der Waals surface area contributed by atoms with E-state index in [2.05, 4.69) is 108 Å². The van der Waals surface area contributed by atoms with Gasteiger partial charge >= 0.3 is 0 Å². The Morgan fingerprint density at radius 2 is 1.68 bits per heavy atom. The quantitative estimate of drug-likeness (QED) is 0.294. The van der Waals surface area contributed by atoms with Crippen molar-refractivity contribution in [3.63, 3.8) is 0 Å². The van der Waals surface area contributed by atoms with Gasteiger partial charge < -0.3 is 13.9 Å². The fraction of sp³-hybridized carbons (Fsp3) is 0.433. The van der Waals surface area contributed by atoms with Crippen LogP contribution in [0.1, 0.15) is 45.2 Å². The lowest BCUT2D eigenvalue weighted by Gasteiger charge is -2.29. The molecule has 0 aliphatic carbocycles. The zero-order valence-corrected chi connectivity index (χ0v) is 24.2. The molecule has 0 unspecified atom stereocenters. The van der Waals surface area contributed by atoms with E-state index in [9.17, 15) is 13.0 Å². The number of quaternary nitrogens is 1. The Balaban J connectivity index is 1.74. The number of benzene rings is 2. The fourth-order valence-corrected chi connectivity index (χ4v) is 6.28. The lowest BCUT2D eigenvalue weighted by molar-refractivity contribution is -0.870. The number of anilines is 1. The zero-order valence-electron chi connectivity index (χ0n) is 23.4. The lowest BCUT2D eigenvalue weighted by Crippen LogP contribution is -2.37. The third-order valence-electron chi connectivity index (χ3n) is 7.81. The van der Waals surface area contributed by atoms with Crippen LogP contribution in [0, 0.1) is 0 Å². The molecule has 2 heterocycles. The van der Waals surface area contributed by atoms with Crippen LogP contribution in [-0.4, -0.2) is 69.0 Å². The van der Waals surface area contributed by atoms with Gasteiger partial charge in [-0.25, -0.2) is 8.42 Å². The molecular formula is C30H40N3O3S+. The highest BCUT2D eigenvalue weighted by molar-refractivity contribution is 7.85. The Hall–Kier alpha value is -2.74. The maximum atomic E-state index is 11.8. The molecule has 0 atom stereocenters. The van der Waals surface area contributed by atoms with Crippen LogP contribution in [0.15, 0.2) is 71.3 Å². The Morgan fingerprint density at radius 1 is 1.00 bits per heavy atom. The van der Waals surface area contributed by atoms with Crippen molar-refractivity contribution in [3.8, 4) is 0 Å². The molecule has 0 N–H and O–H groups in total. The fourth-order valence-electron chi connectivity index (χ4n) is 5.79. The summed E-state index contributed by atoms with van der Waals surface area (Å²) in [7, 11) is 4.12. The predicted octanol–water partition coefficient (Wildman–Crippen LogP) is 4.93. The highest BCUT2D eigenvalue weighted by Crippen LogP contribution is 2.48. The average Bonchev–Trinajstić information content (AvgIpc) is 3.12. The van der Waals surface area contributed by atoms with E-state index in [-0.39, 0.29) is 10.3 Å². The molecule has 2 aliphatic rings. The molecule has 37 heavy (non-hydrogen) atoms. The largest absolute Gasteiger partial charge is 0.744 e. The molecule has 0 bridgehead atoms. The van der Waals surface area contributed by atoms with Crippen molar-refractivity contribution in [1.29, 1.82) is 0 Å². The number of para-hydroxylation sites is 1. The second-order valence-electron chi connectivity index (χ2n) is 12.3. The van der Waals surface area contributed by atoms with E-state index in [4.69, 9.17) is 0 Å². The summed E-state index contributed by atoms with van der Waals surface area (Å²) in [5.74, 6) is 0. The van der Waals surface area contributed by atoms with E-state index in [0.29, 0.717) is 0 Å². The minimum Gasteiger partial charge on any atom is -0.744 e. The van der Waals surface area contributed by atoms with Crippen molar-refractivity contribution in [3.05, 3.63) is 77.5 Å². The smallest absolute Gasteiger partial charge is 0.209 e. The molecule has 0 spiro atoms. The first kappa shape index (κ1) is 27.3. The SMILES string of the molecule is C[N+]1=C(/C=C/C=C2\N(CCC[N+](C)(C)C)c3ccc(S(=O)(=O)[O-])cc3C2(C)C)C(C)(C)c2ccccc21. The third kappa shape index (κ3) is 5.05. The van der Waals surface area contributed by atoms with Crippen LogP contribution in [0.5, 0.6) is 0 Å². The Bertz CT molecular complexity index is 1420. The van der Waals surface area contributed by atoms with Gasteiger partial charge in [-0.2, -0.15) is 4.58 Å². The van der Waals surface area contributed by atoms with Crippen molar-refractivity contribution in [2.24, 2.45) is 0 Å². The van der Waals surface area contributed by atoms with Crippen LogP contribution in [-0.2, 0) is 20.9 Å². The minimum atomic E-state index is -4.53. The molecule has 0 saturated heterocycles. The molecule has 4 rings (SSSR count). The summed E-state index contributed by atoms with van der Waals surface area (Å²) in [6, 6.07) is 13.3. The van der Waals surface area contributed by atoms with E-state index < -0.39 is 15.5 Å². The summed E-state index contributed by atoms with van der Waals surface area (Å²) >= 11 is 0. The molecule has 0 aromatic heterocycles. The number of nitrogens with zero attached hydrogens (tertiary/aromatic N) is 3. The van der Waals surface area contributed by atoms with Gasteiger partial charge in [0.1, 0.15) is 17.2 Å². The highest BCUT2D eigenvalue weighted by atomic mass is 32.2. The Labute approximate surface area is 222 Å². The molecule has 0 amide bonds. The van der Waals surface area contributed by atoms with Crippen LogP contribution in [0.25, 0.3) is 0 Å². The van der Waals surface area contributed by atoms with Gasteiger partial charge in [0, 0.05) is 47.5 Å². The van der Waals surface area contributed by atoms with E-state index in [0.717, 1.165) is 40.9 Å². The van der Waals surface area contributed by atoms with Crippen LogP contribution in [0.4, 0.5) is 11.4 Å². The Morgan fingerprint density at radius 3 is 2.30 bits per heavy atom. The summed E-state index contributed by atoms with van der Waals surface area (Å²) in [5.41, 5.74) is 6.11. The summed E-state index contributed by atoms with van der Waals surface area (Å²) in [6.45, 7) is 10.5. The number of allylic oxidation sites excluding steroid dienone is 4. The Kier molecular flexibility index (Phi) is 6.81. The van der Waals surface area contributed by atoms with Crippen molar-refractivity contribution in [1.82, 2.24) is 0 Å². The summed E-state index contributed by atoms with van der Waals surface area (Å²) in [6.07, 6.45) is 7.42. The summed E-state index contributed by atoms with van der Waals surface area (Å²) in [5, 5.41) is 0. The third-order valence-corrected chi connectivity index (χ3v) is 8.64. The van der Waals surface area contributed by atoms with Crippen LogP contribution >= 0.6 is 0 Å². The van der Waals surface area contributed by atoms with E-state index >= 15 is 0 Å². The maximum Gasteiger partial charge on any atom is 0.209 e. The van der Waals surface area contributed by atoms with Gasteiger partial charge in [0.15, 0.2) is 5.71 Å². The lowest BCUT2D eigenvalue weighted by atomic mass is 9.81. The summed E-state index contributed by atoms with van der Waals surface area (Å²) < 4.78 is 38.5. The molecule has 2 aromatic carbocycles. The number of rotatable bonds is 7. The van der Waals surface area contributed by atoms with Gasteiger partial charge in [0.25, 0.3) is 0 Å². The van der Waals surface area contributed by atoms with Crippen LogP contribution in [0.3, 0.4) is 0 Å².